The molecule has 122 valence electrons. The third-order valence-corrected chi connectivity index (χ3v) is 2.87. The average molecular weight is 330 g/mol. The fourth-order valence-corrected chi connectivity index (χ4v) is 1.74. The van der Waals surface area contributed by atoms with Gasteiger partial charge < -0.3 is 10.6 Å². The summed E-state index contributed by atoms with van der Waals surface area (Å²) in [5.74, 6) is -2.61. The quantitative estimate of drug-likeness (QED) is 0.831. The van der Waals surface area contributed by atoms with Crippen LogP contribution in [0.2, 0.25) is 0 Å². The maximum Gasteiger partial charge on any atom is 0.416 e. The molecule has 1 amide bonds. The van der Waals surface area contributed by atoms with Crippen molar-refractivity contribution >= 4 is 17.3 Å². The summed E-state index contributed by atoms with van der Waals surface area (Å²) in [5.41, 5.74) is -0.433. The molecule has 0 atom stereocenters. The van der Waals surface area contributed by atoms with Gasteiger partial charge in [0.25, 0.3) is 0 Å². The van der Waals surface area contributed by atoms with Crippen LogP contribution in [-0.4, -0.2) is 12.5 Å². The molecule has 0 heterocycles. The second-order valence-corrected chi connectivity index (χ2v) is 4.61. The summed E-state index contributed by atoms with van der Waals surface area (Å²) in [6.45, 7) is -0.258. The molecule has 2 rings (SSSR count). The van der Waals surface area contributed by atoms with Gasteiger partial charge in [-0.2, -0.15) is 13.2 Å². The van der Waals surface area contributed by atoms with Gasteiger partial charge in [-0.1, -0.05) is 0 Å². The van der Waals surface area contributed by atoms with Crippen molar-refractivity contribution in [2.24, 2.45) is 0 Å². The maximum absolute atomic E-state index is 13.0. The van der Waals surface area contributed by atoms with Crippen molar-refractivity contribution in [3.8, 4) is 0 Å². The normalized spacial score (nSPS) is 11.2. The molecule has 0 aliphatic carbocycles. The predicted molar refractivity (Wildman–Crippen MR) is 74.9 cm³/mol. The van der Waals surface area contributed by atoms with E-state index >= 15 is 0 Å². The van der Waals surface area contributed by atoms with Gasteiger partial charge in [0.15, 0.2) is 11.6 Å². The van der Waals surface area contributed by atoms with E-state index in [4.69, 9.17) is 0 Å². The smallest absolute Gasteiger partial charge is 0.376 e. The Kier molecular flexibility index (Phi) is 4.83. The molecule has 2 aromatic carbocycles. The molecule has 0 spiro atoms. The summed E-state index contributed by atoms with van der Waals surface area (Å²) in [6.07, 6.45) is -4.45. The number of amides is 1. The second kappa shape index (κ2) is 6.64. The Bertz CT molecular complexity index is 698. The highest BCUT2D eigenvalue weighted by atomic mass is 19.4. The number of benzene rings is 2. The molecule has 0 saturated carbocycles. The van der Waals surface area contributed by atoms with Crippen molar-refractivity contribution in [1.29, 1.82) is 0 Å². The van der Waals surface area contributed by atoms with Crippen molar-refractivity contribution in [2.75, 3.05) is 17.2 Å². The van der Waals surface area contributed by atoms with E-state index < -0.39 is 29.3 Å². The zero-order valence-electron chi connectivity index (χ0n) is 11.5. The van der Waals surface area contributed by atoms with Gasteiger partial charge in [-0.25, -0.2) is 8.78 Å². The SMILES string of the molecule is O=C(CNc1ccc(F)c(F)c1)Nc1ccc(C(F)(F)F)cc1. The minimum absolute atomic E-state index is 0.190. The topological polar surface area (TPSA) is 41.1 Å². The number of hydrogen-bond acceptors (Lipinski definition) is 2. The fourth-order valence-electron chi connectivity index (χ4n) is 1.74. The van der Waals surface area contributed by atoms with E-state index in [1.54, 1.807) is 0 Å². The van der Waals surface area contributed by atoms with Crippen LogP contribution in [0.5, 0.6) is 0 Å². The third-order valence-electron chi connectivity index (χ3n) is 2.87. The van der Waals surface area contributed by atoms with Crippen LogP contribution in [0.1, 0.15) is 5.56 Å². The first-order valence-corrected chi connectivity index (χ1v) is 6.42. The lowest BCUT2D eigenvalue weighted by atomic mass is 10.2. The van der Waals surface area contributed by atoms with E-state index in [9.17, 15) is 26.7 Å². The standard InChI is InChI=1S/C15H11F5N2O/c16-12-6-5-11(7-13(12)17)21-8-14(23)22-10-3-1-9(2-4-10)15(18,19)20/h1-7,21H,8H2,(H,22,23). The van der Waals surface area contributed by atoms with E-state index in [1.807, 2.05) is 0 Å². The Morgan fingerprint density at radius 2 is 1.52 bits per heavy atom. The summed E-state index contributed by atoms with van der Waals surface area (Å²) in [5, 5.41) is 4.95. The molecule has 0 bridgehead atoms. The molecule has 0 radical (unpaired) electrons. The van der Waals surface area contributed by atoms with Gasteiger partial charge in [0, 0.05) is 17.4 Å². The van der Waals surface area contributed by atoms with Crippen LogP contribution in [0, 0.1) is 11.6 Å². The molecular weight excluding hydrogens is 319 g/mol. The molecule has 3 nitrogen and oxygen atoms in total. The van der Waals surface area contributed by atoms with Gasteiger partial charge in [-0.3, -0.25) is 4.79 Å². The summed E-state index contributed by atoms with van der Waals surface area (Å²) in [6, 6.07) is 6.99. The van der Waals surface area contributed by atoms with Crippen molar-refractivity contribution in [3.63, 3.8) is 0 Å². The van der Waals surface area contributed by atoms with Gasteiger partial charge in [-0.05, 0) is 36.4 Å². The van der Waals surface area contributed by atoms with Gasteiger partial charge >= 0.3 is 6.18 Å². The van der Waals surface area contributed by atoms with E-state index in [-0.39, 0.29) is 17.9 Å². The second-order valence-electron chi connectivity index (χ2n) is 4.61. The van der Waals surface area contributed by atoms with Crippen LogP contribution in [0.4, 0.5) is 33.3 Å². The fraction of sp³-hybridized carbons (Fsp3) is 0.133. The molecular formula is C15H11F5N2O. The van der Waals surface area contributed by atoms with Crippen LogP contribution in [0.15, 0.2) is 42.5 Å². The highest BCUT2D eigenvalue weighted by Gasteiger charge is 2.29. The van der Waals surface area contributed by atoms with Gasteiger partial charge in [-0.15, -0.1) is 0 Å². The Morgan fingerprint density at radius 3 is 2.09 bits per heavy atom. The molecule has 2 N–H and O–H groups in total. The van der Waals surface area contributed by atoms with Crippen molar-refractivity contribution in [2.45, 2.75) is 6.18 Å². The zero-order valence-corrected chi connectivity index (χ0v) is 11.5. The van der Waals surface area contributed by atoms with Gasteiger partial charge in [0.2, 0.25) is 5.91 Å². The Hall–Kier alpha value is -2.64. The van der Waals surface area contributed by atoms with Crippen molar-refractivity contribution < 1.29 is 26.7 Å². The number of alkyl halides is 3. The van der Waals surface area contributed by atoms with E-state index in [2.05, 4.69) is 10.6 Å². The van der Waals surface area contributed by atoms with Gasteiger partial charge in [0.05, 0.1) is 12.1 Å². The number of carbonyl (C=O) groups is 1. The first-order chi connectivity index (χ1) is 10.8. The van der Waals surface area contributed by atoms with Crippen LogP contribution in [-0.2, 0) is 11.0 Å². The van der Waals surface area contributed by atoms with E-state index in [1.165, 1.54) is 6.07 Å². The molecule has 0 saturated heterocycles. The van der Waals surface area contributed by atoms with Crippen LogP contribution in [0.3, 0.4) is 0 Å². The highest BCUT2D eigenvalue weighted by molar-refractivity contribution is 5.93. The van der Waals surface area contributed by atoms with Crippen molar-refractivity contribution in [3.05, 3.63) is 59.7 Å². The molecule has 0 unspecified atom stereocenters. The lowest BCUT2D eigenvalue weighted by Gasteiger charge is -2.10. The molecule has 8 heteroatoms. The van der Waals surface area contributed by atoms with Crippen molar-refractivity contribution in [1.82, 2.24) is 0 Å². The lowest BCUT2D eigenvalue weighted by Crippen LogP contribution is -2.21. The highest BCUT2D eigenvalue weighted by Crippen LogP contribution is 2.29. The Balaban J connectivity index is 1.90. The average Bonchev–Trinajstić information content (AvgIpc) is 2.48. The third kappa shape index (κ3) is 4.67. The molecule has 23 heavy (non-hydrogen) atoms. The zero-order chi connectivity index (χ0) is 17.0. The first kappa shape index (κ1) is 16.7. The van der Waals surface area contributed by atoms with Crippen LogP contribution < -0.4 is 10.6 Å². The lowest BCUT2D eigenvalue weighted by molar-refractivity contribution is -0.137. The monoisotopic (exact) mass is 330 g/mol. The maximum atomic E-state index is 13.0. The summed E-state index contributed by atoms with van der Waals surface area (Å²) < 4.78 is 62.9. The molecule has 2 aromatic rings. The Morgan fingerprint density at radius 1 is 0.913 bits per heavy atom. The number of hydrogen-bond donors (Lipinski definition) is 2. The summed E-state index contributed by atoms with van der Waals surface area (Å²) in [7, 11) is 0. The largest absolute Gasteiger partial charge is 0.416 e. The number of rotatable bonds is 4. The van der Waals surface area contributed by atoms with Crippen LogP contribution in [0.25, 0.3) is 0 Å². The molecule has 0 aliphatic heterocycles. The summed E-state index contributed by atoms with van der Waals surface area (Å²) in [4.78, 5) is 11.7. The minimum atomic E-state index is -4.45. The van der Waals surface area contributed by atoms with Gasteiger partial charge in [0.1, 0.15) is 0 Å². The number of anilines is 2. The predicted octanol–water partition coefficient (Wildman–Crippen LogP) is 4.03. The van der Waals surface area contributed by atoms with E-state index in [0.717, 1.165) is 36.4 Å². The molecule has 0 aromatic heterocycles. The van der Waals surface area contributed by atoms with E-state index in [0.29, 0.717) is 0 Å². The number of carbonyl (C=O) groups excluding carboxylic acids is 1. The minimum Gasteiger partial charge on any atom is -0.376 e. The summed E-state index contributed by atoms with van der Waals surface area (Å²) >= 11 is 0. The molecule has 0 aliphatic rings. The Labute approximate surface area is 128 Å². The first-order valence-electron chi connectivity index (χ1n) is 6.42. The number of nitrogens with one attached hydrogen (secondary N) is 2. The number of halogens is 5. The molecule has 0 fully saturated rings. The van der Waals surface area contributed by atoms with Crippen LogP contribution >= 0.6 is 0 Å².